The summed E-state index contributed by atoms with van der Waals surface area (Å²) >= 11 is 0. The van der Waals surface area contributed by atoms with Crippen molar-refractivity contribution in [3.05, 3.63) is 29.1 Å². The molecular formula is C16H20FNO3. The number of morpholine rings is 1. The minimum atomic E-state index is -0.357. The number of ketones is 1. The molecule has 114 valence electrons. The summed E-state index contributed by atoms with van der Waals surface area (Å²) < 4.78 is 24.8. The van der Waals surface area contributed by atoms with Gasteiger partial charge in [0, 0.05) is 13.1 Å². The second-order valence-electron chi connectivity index (χ2n) is 5.56. The Hall–Kier alpha value is -1.46. The van der Waals surface area contributed by atoms with Crippen molar-refractivity contribution >= 4 is 5.78 Å². The van der Waals surface area contributed by atoms with E-state index >= 15 is 0 Å². The highest BCUT2D eigenvalue weighted by atomic mass is 19.1. The number of aryl methyl sites for hydroxylation is 1. The van der Waals surface area contributed by atoms with Gasteiger partial charge in [0.2, 0.25) is 0 Å². The lowest BCUT2D eigenvalue weighted by molar-refractivity contribution is 0.0370. The maximum Gasteiger partial charge on any atom is 0.180 e. The molecule has 3 rings (SSSR count). The molecule has 0 unspecified atom stereocenters. The summed E-state index contributed by atoms with van der Waals surface area (Å²) in [5.74, 6) is 0.159. The Labute approximate surface area is 123 Å². The van der Waals surface area contributed by atoms with Crippen molar-refractivity contribution in [1.82, 2.24) is 4.90 Å². The van der Waals surface area contributed by atoms with E-state index in [0.29, 0.717) is 37.7 Å². The first-order valence-corrected chi connectivity index (χ1v) is 7.52. The van der Waals surface area contributed by atoms with Gasteiger partial charge in [0.05, 0.1) is 31.9 Å². The molecule has 1 aromatic rings. The van der Waals surface area contributed by atoms with E-state index in [2.05, 4.69) is 0 Å². The molecule has 4 nitrogen and oxygen atoms in total. The summed E-state index contributed by atoms with van der Waals surface area (Å²) in [4.78, 5) is 14.6. The lowest BCUT2D eigenvalue weighted by Gasteiger charge is -2.26. The van der Waals surface area contributed by atoms with Crippen LogP contribution in [0.4, 0.5) is 4.39 Å². The van der Waals surface area contributed by atoms with Gasteiger partial charge >= 0.3 is 0 Å². The van der Waals surface area contributed by atoms with Gasteiger partial charge in [-0.2, -0.15) is 0 Å². The van der Waals surface area contributed by atoms with Crippen LogP contribution in [0, 0.1) is 5.82 Å². The SMILES string of the molecule is O=C(CN1CCOCC1)c1cc(F)cc2c1OCCCC2. The minimum Gasteiger partial charge on any atom is -0.493 e. The van der Waals surface area contributed by atoms with Gasteiger partial charge in [0.15, 0.2) is 5.78 Å². The molecule has 2 heterocycles. The molecular weight excluding hydrogens is 273 g/mol. The Kier molecular flexibility index (Phi) is 4.51. The lowest BCUT2D eigenvalue weighted by Crippen LogP contribution is -2.39. The molecule has 0 N–H and O–H groups in total. The Morgan fingerprint density at radius 3 is 2.81 bits per heavy atom. The predicted molar refractivity (Wildman–Crippen MR) is 76.4 cm³/mol. The third-order valence-corrected chi connectivity index (χ3v) is 3.99. The van der Waals surface area contributed by atoms with Crippen molar-refractivity contribution in [2.75, 3.05) is 39.5 Å². The summed E-state index contributed by atoms with van der Waals surface area (Å²) in [6, 6.07) is 2.80. The normalized spacial score (nSPS) is 19.5. The van der Waals surface area contributed by atoms with Crippen molar-refractivity contribution in [3.63, 3.8) is 0 Å². The fraction of sp³-hybridized carbons (Fsp3) is 0.562. The van der Waals surface area contributed by atoms with Crippen molar-refractivity contribution < 1.29 is 18.7 Å². The summed E-state index contributed by atoms with van der Waals surface area (Å²) in [6.07, 6.45) is 2.67. The molecule has 0 aromatic heterocycles. The standard InChI is InChI=1S/C16H20FNO3/c17-13-9-12-3-1-2-6-21-16(12)14(10-13)15(19)11-18-4-7-20-8-5-18/h9-10H,1-8,11H2. The van der Waals surface area contributed by atoms with Crippen LogP contribution in [0.2, 0.25) is 0 Å². The molecule has 0 bridgehead atoms. The Bertz CT molecular complexity index is 526. The van der Waals surface area contributed by atoms with Crippen molar-refractivity contribution in [3.8, 4) is 5.75 Å². The van der Waals surface area contributed by atoms with Gasteiger partial charge in [0.25, 0.3) is 0 Å². The largest absolute Gasteiger partial charge is 0.493 e. The molecule has 1 saturated heterocycles. The molecule has 0 radical (unpaired) electrons. The zero-order valence-electron chi connectivity index (χ0n) is 12.1. The van der Waals surface area contributed by atoms with Crippen LogP contribution in [0.5, 0.6) is 5.75 Å². The Morgan fingerprint density at radius 1 is 1.19 bits per heavy atom. The van der Waals surface area contributed by atoms with Gasteiger partial charge in [-0.25, -0.2) is 4.39 Å². The second kappa shape index (κ2) is 6.54. The maximum absolute atomic E-state index is 13.8. The number of halogens is 1. The molecule has 1 fully saturated rings. The molecule has 0 amide bonds. The zero-order valence-corrected chi connectivity index (χ0v) is 12.1. The number of Topliss-reactive ketones (excluding diaryl/α,β-unsaturated/α-hetero) is 1. The number of rotatable bonds is 3. The summed E-state index contributed by atoms with van der Waals surface area (Å²) in [5, 5.41) is 0. The van der Waals surface area contributed by atoms with Gasteiger partial charge in [-0.05, 0) is 37.0 Å². The van der Waals surface area contributed by atoms with Crippen LogP contribution in [-0.4, -0.2) is 50.1 Å². The third kappa shape index (κ3) is 3.41. The first-order valence-electron chi connectivity index (χ1n) is 7.52. The highest BCUT2D eigenvalue weighted by Crippen LogP contribution is 2.30. The summed E-state index contributed by atoms with van der Waals surface area (Å²) in [6.45, 7) is 3.66. The van der Waals surface area contributed by atoms with E-state index in [1.54, 1.807) is 0 Å². The quantitative estimate of drug-likeness (QED) is 0.800. The van der Waals surface area contributed by atoms with Crippen LogP contribution in [0.15, 0.2) is 12.1 Å². The molecule has 0 atom stereocenters. The predicted octanol–water partition coefficient (Wildman–Crippen LogP) is 2.06. The summed E-state index contributed by atoms with van der Waals surface area (Å²) in [5.41, 5.74) is 1.20. The van der Waals surface area contributed by atoms with Crippen molar-refractivity contribution in [2.45, 2.75) is 19.3 Å². The molecule has 0 spiro atoms. The number of carbonyl (C=O) groups excluding carboxylic acids is 1. The summed E-state index contributed by atoms with van der Waals surface area (Å²) in [7, 11) is 0. The van der Waals surface area contributed by atoms with Crippen molar-refractivity contribution in [2.24, 2.45) is 0 Å². The van der Waals surface area contributed by atoms with E-state index in [9.17, 15) is 9.18 Å². The average molecular weight is 293 g/mol. The van der Waals surface area contributed by atoms with E-state index in [1.807, 2.05) is 4.90 Å². The highest BCUT2D eigenvalue weighted by Gasteiger charge is 2.22. The van der Waals surface area contributed by atoms with E-state index in [4.69, 9.17) is 9.47 Å². The molecule has 2 aliphatic heterocycles. The first-order chi connectivity index (χ1) is 10.2. The van der Waals surface area contributed by atoms with Crippen LogP contribution < -0.4 is 4.74 Å². The number of hydrogen-bond donors (Lipinski definition) is 0. The first kappa shape index (κ1) is 14.5. The van der Waals surface area contributed by atoms with Crippen LogP contribution in [0.3, 0.4) is 0 Å². The van der Waals surface area contributed by atoms with Crippen LogP contribution >= 0.6 is 0 Å². The number of nitrogens with zero attached hydrogens (tertiary/aromatic N) is 1. The number of fused-ring (bicyclic) bond motifs is 1. The van der Waals surface area contributed by atoms with E-state index in [1.165, 1.54) is 12.1 Å². The van der Waals surface area contributed by atoms with E-state index in [0.717, 1.165) is 37.9 Å². The number of carbonyl (C=O) groups is 1. The van der Waals surface area contributed by atoms with Gasteiger partial charge in [-0.1, -0.05) is 0 Å². The molecule has 1 aromatic carbocycles. The fourth-order valence-corrected chi connectivity index (χ4v) is 2.85. The number of ether oxygens (including phenoxy) is 2. The molecule has 21 heavy (non-hydrogen) atoms. The third-order valence-electron chi connectivity index (χ3n) is 3.99. The molecule has 5 heteroatoms. The maximum atomic E-state index is 13.8. The monoisotopic (exact) mass is 293 g/mol. The van der Waals surface area contributed by atoms with Crippen LogP contribution in [0.25, 0.3) is 0 Å². The second-order valence-corrected chi connectivity index (χ2v) is 5.56. The average Bonchev–Trinajstić information content (AvgIpc) is 2.72. The van der Waals surface area contributed by atoms with Crippen LogP contribution in [-0.2, 0) is 11.2 Å². The van der Waals surface area contributed by atoms with E-state index in [-0.39, 0.29) is 11.6 Å². The van der Waals surface area contributed by atoms with Crippen LogP contribution in [0.1, 0.15) is 28.8 Å². The lowest BCUT2D eigenvalue weighted by atomic mass is 10.0. The fourth-order valence-electron chi connectivity index (χ4n) is 2.85. The smallest absolute Gasteiger partial charge is 0.180 e. The van der Waals surface area contributed by atoms with Gasteiger partial charge in [0.1, 0.15) is 11.6 Å². The van der Waals surface area contributed by atoms with Crippen molar-refractivity contribution in [1.29, 1.82) is 0 Å². The molecule has 0 aliphatic carbocycles. The Morgan fingerprint density at radius 2 is 2.00 bits per heavy atom. The minimum absolute atomic E-state index is 0.0745. The zero-order chi connectivity index (χ0) is 14.7. The van der Waals surface area contributed by atoms with E-state index < -0.39 is 0 Å². The number of benzene rings is 1. The van der Waals surface area contributed by atoms with Gasteiger partial charge in [-0.3, -0.25) is 9.69 Å². The number of hydrogen-bond acceptors (Lipinski definition) is 4. The molecule has 2 aliphatic rings. The topological polar surface area (TPSA) is 38.8 Å². The highest BCUT2D eigenvalue weighted by molar-refractivity contribution is 6.00. The Balaban J connectivity index is 1.82. The van der Waals surface area contributed by atoms with Gasteiger partial charge in [-0.15, -0.1) is 0 Å². The van der Waals surface area contributed by atoms with Gasteiger partial charge < -0.3 is 9.47 Å². The molecule has 0 saturated carbocycles.